The largest absolute Gasteiger partial charge is 0.399 e. The van der Waals surface area contributed by atoms with E-state index in [0.717, 1.165) is 11.0 Å². The number of likely N-dealkylation sites (tertiary alicyclic amines) is 1. The topological polar surface area (TPSA) is 92.1 Å². The lowest BCUT2D eigenvalue weighted by Crippen LogP contribution is -2.37. The highest BCUT2D eigenvalue weighted by Crippen LogP contribution is 2.32. The summed E-state index contributed by atoms with van der Waals surface area (Å²) in [6.07, 6.45) is 0.223. The van der Waals surface area contributed by atoms with E-state index in [9.17, 15) is 9.59 Å². The fourth-order valence-electron chi connectivity index (χ4n) is 2.45. The third-order valence-electron chi connectivity index (χ3n) is 3.40. The van der Waals surface area contributed by atoms with Crippen LogP contribution in [0.3, 0.4) is 0 Å². The fourth-order valence-corrected chi connectivity index (χ4v) is 3.48. The quantitative estimate of drug-likeness (QED) is 0.666. The van der Waals surface area contributed by atoms with Crippen LogP contribution >= 0.6 is 11.8 Å². The highest BCUT2D eigenvalue weighted by molar-refractivity contribution is 8.00. The molecule has 1 aliphatic heterocycles. The van der Waals surface area contributed by atoms with Gasteiger partial charge < -0.3 is 10.7 Å². The van der Waals surface area contributed by atoms with Crippen LogP contribution in [0.4, 0.5) is 5.69 Å². The molecular weight excluding hydrogens is 288 g/mol. The van der Waals surface area contributed by atoms with Crippen LogP contribution in [0.25, 0.3) is 11.0 Å². The van der Waals surface area contributed by atoms with E-state index in [-0.39, 0.29) is 24.3 Å². The van der Waals surface area contributed by atoms with Gasteiger partial charge >= 0.3 is 0 Å². The number of hydrogen-bond donors (Lipinski definition) is 2. The molecule has 2 amide bonds. The molecule has 1 aromatic heterocycles. The highest BCUT2D eigenvalue weighted by Gasteiger charge is 2.40. The molecular formula is C14H16N4O2S. The van der Waals surface area contributed by atoms with Gasteiger partial charge in [-0.25, -0.2) is 4.98 Å². The summed E-state index contributed by atoms with van der Waals surface area (Å²) in [5.74, 6) is -0.257. The molecule has 0 aliphatic carbocycles. The Morgan fingerprint density at radius 1 is 1.43 bits per heavy atom. The maximum Gasteiger partial charge on any atom is 0.243 e. The monoisotopic (exact) mass is 304 g/mol. The molecule has 6 nitrogen and oxygen atoms in total. The Balaban J connectivity index is 1.82. The number of aromatic amines is 1. The minimum absolute atomic E-state index is 0.105. The van der Waals surface area contributed by atoms with Gasteiger partial charge in [0.25, 0.3) is 0 Å². The highest BCUT2D eigenvalue weighted by atomic mass is 32.2. The zero-order chi connectivity index (χ0) is 15.1. The summed E-state index contributed by atoms with van der Waals surface area (Å²) in [5, 5.41) is 0.227. The molecule has 1 saturated heterocycles. The van der Waals surface area contributed by atoms with Crippen molar-refractivity contribution in [2.24, 2.45) is 0 Å². The van der Waals surface area contributed by atoms with Crippen molar-refractivity contribution in [3.63, 3.8) is 0 Å². The summed E-state index contributed by atoms with van der Waals surface area (Å²) in [5.41, 5.74) is 8.01. The molecule has 1 unspecified atom stereocenters. The molecule has 1 aliphatic rings. The van der Waals surface area contributed by atoms with Gasteiger partial charge in [-0.1, -0.05) is 11.8 Å². The molecule has 0 radical (unpaired) electrons. The van der Waals surface area contributed by atoms with Crippen molar-refractivity contribution in [1.82, 2.24) is 14.9 Å². The number of imide groups is 1. The first-order valence-corrected chi connectivity index (χ1v) is 7.61. The first-order chi connectivity index (χ1) is 9.95. The van der Waals surface area contributed by atoms with Crippen molar-refractivity contribution in [2.75, 3.05) is 5.73 Å². The van der Waals surface area contributed by atoms with Gasteiger partial charge in [-0.05, 0) is 32.0 Å². The molecule has 1 aromatic carbocycles. The van der Waals surface area contributed by atoms with E-state index < -0.39 is 5.25 Å². The Kier molecular flexibility index (Phi) is 3.36. The molecule has 21 heavy (non-hydrogen) atoms. The first kappa shape index (κ1) is 13.9. The average molecular weight is 304 g/mol. The Morgan fingerprint density at radius 2 is 2.19 bits per heavy atom. The van der Waals surface area contributed by atoms with Crippen LogP contribution in [-0.4, -0.2) is 38.0 Å². The minimum Gasteiger partial charge on any atom is -0.399 e. The number of thioether (sulfide) groups is 1. The van der Waals surface area contributed by atoms with Crippen molar-refractivity contribution in [2.45, 2.75) is 36.7 Å². The smallest absolute Gasteiger partial charge is 0.243 e. The number of hydrogen-bond acceptors (Lipinski definition) is 5. The van der Waals surface area contributed by atoms with Gasteiger partial charge in [0.2, 0.25) is 11.8 Å². The predicted octanol–water partition coefficient (Wildman–Crippen LogP) is 1.77. The number of nitrogen functional groups attached to an aromatic ring is 1. The summed E-state index contributed by atoms with van der Waals surface area (Å²) in [6.45, 7) is 3.68. The van der Waals surface area contributed by atoms with Gasteiger partial charge in [-0.2, -0.15) is 0 Å². The van der Waals surface area contributed by atoms with Gasteiger partial charge in [0, 0.05) is 18.2 Å². The lowest BCUT2D eigenvalue weighted by atomic mass is 10.3. The number of amides is 2. The molecule has 110 valence electrons. The molecule has 1 atom stereocenters. The average Bonchev–Trinajstić information content (AvgIpc) is 2.90. The number of nitrogens with zero attached hydrogens (tertiary/aromatic N) is 2. The van der Waals surface area contributed by atoms with Crippen molar-refractivity contribution < 1.29 is 9.59 Å². The first-order valence-electron chi connectivity index (χ1n) is 6.73. The number of nitrogens with one attached hydrogen (secondary N) is 1. The van der Waals surface area contributed by atoms with E-state index in [0.29, 0.717) is 10.8 Å². The van der Waals surface area contributed by atoms with E-state index in [1.54, 1.807) is 12.1 Å². The molecule has 0 bridgehead atoms. The van der Waals surface area contributed by atoms with Gasteiger partial charge in [0.15, 0.2) is 5.16 Å². The summed E-state index contributed by atoms with van der Waals surface area (Å²) < 4.78 is 0. The lowest BCUT2D eigenvalue weighted by Gasteiger charge is -2.18. The van der Waals surface area contributed by atoms with Crippen LogP contribution in [0.1, 0.15) is 20.3 Å². The number of carbonyl (C=O) groups excluding carboxylic acids is 2. The molecule has 1 fully saturated rings. The molecule has 3 N–H and O–H groups in total. The number of aromatic nitrogens is 2. The Hall–Kier alpha value is -2.02. The standard InChI is InChI=1S/C14H16N4O2S/c1-7(2)18-12(19)6-11(13(18)20)21-14-16-9-4-3-8(15)5-10(9)17-14/h3-5,7,11H,6,15H2,1-2H3,(H,16,17). The Morgan fingerprint density at radius 3 is 2.86 bits per heavy atom. The summed E-state index contributed by atoms with van der Waals surface area (Å²) in [6, 6.07) is 5.30. The molecule has 0 saturated carbocycles. The van der Waals surface area contributed by atoms with Crippen LogP contribution in [-0.2, 0) is 9.59 Å². The molecule has 3 rings (SSSR count). The van der Waals surface area contributed by atoms with Gasteiger partial charge in [-0.15, -0.1) is 0 Å². The van der Waals surface area contributed by atoms with E-state index in [1.807, 2.05) is 19.9 Å². The fraction of sp³-hybridized carbons (Fsp3) is 0.357. The van der Waals surface area contributed by atoms with Crippen LogP contribution in [0, 0.1) is 0 Å². The molecule has 0 spiro atoms. The molecule has 2 heterocycles. The maximum absolute atomic E-state index is 12.3. The predicted molar refractivity (Wildman–Crippen MR) is 81.8 cm³/mol. The number of rotatable bonds is 3. The van der Waals surface area contributed by atoms with Crippen LogP contribution in [0.2, 0.25) is 0 Å². The lowest BCUT2D eigenvalue weighted by molar-refractivity contribution is -0.140. The number of anilines is 1. The van der Waals surface area contributed by atoms with Gasteiger partial charge in [0.05, 0.1) is 11.0 Å². The van der Waals surface area contributed by atoms with E-state index in [4.69, 9.17) is 5.73 Å². The summed E-state index contributed by atoms with van der Waals surface area (Å²) in [4.78, 5) is 33.0. The zero-order valence-corrected chi connectivity index (χ0v) is 12.6. The van der Waals surface area contributed by atoms with Crippen LogP contribution in [0.5, 0.6) is 0 Å². The minimum atomic E-state index is -0.405. The van der Waals surface area contributed by atoms with E-state index in [1.165, 1.54) is 16.7 Å². The van der Waals surface area contributed by atoms with Crippen molar-refractivity contribution >= 4 is 40.3 Å². The number of fused-ring (bicyclic) bond motifs is 1. The second kappa shape index (κ2) is 5.07. The number of benzene rings is 1. The number of nitrogens with two attached hydrogens (primary N) is 1. The second-order valence-electron chi connectivity index (χ2n) is 5.32. The Bertz CT molecular complexity index is 725. The second-order valence-corrected chi connectivity index (χ2v) is 6.52. The third-order valence-corrected chi connectivity index (χ3v) is 4.47. The van der Waals surface area contributed by atoms with E-state index >= 15 is 0 Å². The number of imidazole rings is 1. The summed E-state index contributed by atoms with van der Waals surface area (Å²) >= 11 is 1.30. The third kappa shape index (κ3) is 2.49. The zero-order valence-electron chi connectivity index (χ0n) is 11.8. The Labute approximate surface area is 126 Å². The molecule has 2 aromatic rings. The van der Waals surface area contributed by atoms with Crippen LogP contribution < -0.4 is 5.73 Å². The summed E-state index contributed by atoms with van der Waals surface area (Å²) in [7, 11) is 0. The number of carbonyl (C=O) groups is 2. The van der Waals surface area contributed by atoms with Crippen molar-refractivity contribution in [3.05, 3.63) is 18.2 Å². The van der Waals surface area contributed by atoms with Gasteiger partial charge in [-0.3, -0.25) is 14.5 Å². The number of H-pyrrole nitrogens is 1. The molecule has 7 heteroatoms. The SMILES string of the molecule is CC(C)N1C(=O)CC(Sc2nc3ccc(N)cc3[nH]2)C1=O. The van der Waals surface area contributed by atoms with Crippen molar-refractivity contribution in [1.29, 1.82) is 0 Å². The van der Waals surface area contributed by atoms with Gasteiger partial charge in [0.1, 0.15) is 5.25 Å². The normalized spacial score (nSPS) is 19.2. The van der Waals surface area contributed by atoms with Crippen molar-refractivity contribution in [3.8, 4) is 0 Å². The van der Waals surface area contributed by atoms with Crippen LogP contribution in [0.15, 0.2) is 23.4 Å². The van der Waals surface area contributed by atoms with E-state index in [2.05, 4.69) is 9.97 Å². The maximum atomic E-state index is 12.3.